The normalized spacial score (nSPS) is 22.9. The topological polar surface area (TPSA) is 51.2 Å². The van der Waals surface area contributed by atoms with Crippen molar-refractivity contribution in [2.45, 2.75) is 31.9 Å². The lowest BCUT2D eigenvalue weighted by molar-refractivity contribution is -0.00867. The van der Waals surface area contributed by atoms with E-state index in [1.807, 2.05) is 13.0 Å². The number of nitrogens with one attached hydrogen (secondary N) is 1. The van der Waals surface area contributed by atoms with Gasteiger partial charge in [-0.05, 0) is 47.8 Å². The van der Waals surface area contributed by atoms with Crippen LogP contribution >= 0.6 is 15.9 Å². The van der Waals surface area contributed by atoms with Crippen molar-refractivity contribution in [1.82, 2.24) is 10.3 Å². The molecule has 5 heteroatoms. The molecule has 1 N–H and O–H groups in total. The van der Waals surface area contributed by atoms with E-state index in [0.29, 0.717) is 11.8 Å². The minimum atomic E-state index is -0.113. The summed E-state index contributed by atoms with van der Waals surface area (Å²) in [4.78, 5) is 15.8. The van der Waals surface area contributed by atoms with Crippen LogP contribution in [0.1, 0.15) is 30.3 Å². The zero-order valence-electron chi connectivity index (χ0n) is 9.65. The van der Waals surface area contributed by atoms with Gasteiger partial charge in [0.2, 0.25) is 0 Å². The molecule has 0 aliphatic heterocycles. The lowest BCUT2D eigenvalue weighted by Gasteiger charge is -2.35. The van der Waals surface area contributed by atoms with Gasteiger partial charge < -0.3 is 10.1 Å². The van der Waals surface area contributed by atoms with Gasteiger partial charge in [0, 0.05) is 23.3 Å². The second-order valence-electron chi connectivity index (χ2n) is 4.08. The fourth-order valence-corrected chi connectivity index (χ4v) is 2.06. The van der Waals surface area contributed by atoms with Crippen molar-refractivity contribution < 1.29 is 9.53 Å². The second kappa shape index (κ2) is 5.60. The molecule has 0 saturated heterocycles. The summed E-state index contributed by atoms with van der Waals surface area (Å²) in [5.74, 6) is -0.113. The van der Waals surface area contributed by atoms with Crippen LogP contribution in [0.4, 0.5) is 0 Å². The number of rotatable bonds is 4. The summed E-state index contributed by atoms with van der Waals surface area (Å²) >= 11 is 3.28. The molecule has 0 radical (unpaired) electrons. The summed E-state index contributed by atoms with van der Waals surface area (Å²) in [5.41, 5.74) is 0.452. The molecule has 1 saturated carbocycles. The zero-order chi connectivity index (χ0) is 12.3. The number of pyridine rings is 1. The third-order valence-electron chi connectivity index (χ3n) is 2.79. The molecule has 1 fully saturated rings. The average Bonchev–Trinajstić information content (AvgIpc) is 2.27. The largest absolute Gasteiger partial charge is 0.378 e. The number of hydrogen-bond acceptors (Lipinski definition) is 3. The van der Waals surface area contributed by atoms with Gasteiger partial charge in [0.1, 0.15) is 5.69 Å². The number of ether oxygens (including phenoxy) is 1. The number of carbonyl (C=O) groups is 1. The summed E-state index contributed by atoms with van der Waals surface area (Å²) in [5, 5.41) is 2.94. The van der Waals surface area contributed by atoms with E-state index < -0.39 is 0 Å². The first-order valence-corrected chi connectivity index (χ1v) is 6.52. The van der Waals surface area contributed by atoms with Gasteiger partial charge in [-0.15, -0.1) is 0 Å². The van der Waals surface area contributed by atoms with Crippen LogP contribution in [-0.4, -0.2) is 29.6 Å². The summed E-state index contributed by atoms with van der Waals surface area (Å²) < 4.78 is 6.31. The standard InChI is InChI=1S/C12H15BrN2O2/c1-2-17-10-5-9(6-10)15-12(16)11-4-3-8(13)7-14-11/h3-4,7,9-10H,2,5-6H2,1H3,(H,15,16). The van der Waals surface area contributed by atoms with Gasteiger partial charge in [0.05, 0.1) is 6.10 Å². The molecule has 2 rings (SSSR count). The predicted molar refractivity (Wildman–Crippen MR) is 67.8 cm³/mol. The van der Waals surface area contributed by atoms with Crippen LogP contribution in [0.25, 0.3) is 0 Å². The van der Waals surface area contributed by atoms with E-state index in [1.54, 1.807) is 12.3 Å². The number of aromatic nitrogens is 1. The van der Waals surface area contributed by atoms with Crippen LogP contribution in [0.3, 0.4) is 0 Å². The van der Waals surface area contributed by atoms with Gasteiger partial charge in [-0.25, -0.2) is 4.98 Å². The molecule has 1 aromatic rings. The molecule has 17 heavy (non-hydrogen) atoms. The monoisotopic (exact) mass is 298 g/mol. The molecule has 1 aliphatic carbocycles. The van der Waals surface area contributed by atoms with Gasteiger partial charge in [-0.3, -0.25) is 4.79 Å². The number of nitrogens with zero attached hydrogens (tertiary/aromatic N) is 1. The summed E-state index contributed by atoms with van der Waals surface area (Å²) in [6, 6.07) is 3.74. The highest BCUT2D eigenvalue weighted by molar-refractivity contribution is 9.10. The van der Waals surface area contributed by atoms with Crippen molar-refractivity contribution in [1.29, 1.82) is 0 Å². The van der Waals surface area contributed by atoms with E-state index in [-0.39, 0.29) is 11.9 Å². The Labute approximate surface area is 109 Å². The van der Waals surface area contributed by atoms with Crippen molar-refractivity contribution >= 4 is 21.8 Å². The molecule has 1 aromatic heterocycles. The van der Waals surface area contributed by atoms with Gasteiger partial charge >= 0.3 is 0 Å². The van der Waals surface area contributed by atoms with Crippen molar-refractivity contribution in [3.8, 4) is 0 Å². The van der Waals surface area contributed by atoms with E-state index in [1.165, 1.54) is 0 Å². The van der Waals surface area contributed by atoms with Gasteiger partial charge in [0.25, 0.3) is 5.91 Å². The Balaban J connectivity index is 1.81. The third kappa shape index (κ3) is 3.26. The molecular formula is C12H15BrN2O2. The molecule has 1 amide bonds. The third-order valence-corrected chi connectivity index (χ3v) is 3.26. The highest BCUT2D eigenvalue weighted by Crippen LogP contribution is 2.23. The Morgan fingerprint density at radius 3 is 2.94 bits per heavy atom. The number of carbonyl (C=O) groups excluding carboxylic acids is 1. The lowest BCUT2D eigenvalue weighted by Crippen LogP contribution is -2.47. The van der Waals surface area contributed by atoms with Crippen LogP contribution in [0.15, 0.2) is 22.8 Å². The summed E-state index contributed by atoms with van der Waals surface area (Å²) in [7, 11) is 0. The SMILES string of the molecule is CCOC1CC(NC(=O)c2ccc(Br)cn2)C1. The van der Waals surface area contributed by atoms with Gasteiger partial charge in [0.15, 0.2) is 0 Å². The van der Waals surface area contributed by atoms with Crippen LogP contribution in [0.5, 0.6) is 0 Å². The molecule has 0 spiro atoms. The lowest BCUT2D eigenvalue weighted by atomic mass is 9.89. The number of halogens is 1. The Kier molecular flexibility index (Phi) is 4.12. The van der Waals surface area contributed by atoms with E-state index in [4.69, 9.17) is 4.74 Å². The summed E-state index contributed by atoms with van der Waals surface area (Å²) in [6.45, 7) is 2.72. The molecule has 0 aromatic carbocycles. The maximum Gasteiger partial charge on any atom is 0.270 e. The molecule has 1 heterocycles. The Bertz CT molecular complexity index is 388. The first-order chi connectivity index (χ1) is 8.19. The molecular weight excluding hydrogens is 284 g/mol. The van der Waals surface area contributed by atoms with Crippen LogP contribution in [0.2, 0.25) is 0 Å². The Morgan fingerprint density at radius 1 is 1.59 bits per heavy atom. The minimum absolute atomic E-state index is 0.113. The maximum atomic E-state index is 11.8. The van der Waals surface area contributed by atoms with E-state index in [9.17, 15) is 4.79 Å². The van der Waals surface area contributed by atoms with Crippen LogP contribution in [0, 0.1) is 0 Å². The van der Waals surface area contributed by atoms with E-state index in [0.717, 1.165) is 23.9 Å². The fourth-order valence-electron chi connectivity index (χ4n) is 1.82. The van der Waals surface area contributed by atoms with Crippen LogP contribution in [-0.2, 0) is 4.74 Å². The quantitative estimate of drug-likeness (QED) is 0.926. The number of amides is 1. The molecule has 0 atom stereocenters. The highest BCUT2D eigenvalue weighted by Gasteiger charge is 2.30. The van der Waals surface area contributed by atoms with E-state index in [2.05, 4.69) is 26.2 Å². The van der Waals surface area contributed by atoms with E-state index >= 15 is 0 Å². The van der Waals surface area contributed by atoms with Gasteiger partial charge in [-0.1, -0.05) is 0 Å². The Hall–Kier alpha value is -0.940. The maximum absolute atomic E-state index is 11.8. The Morgan fingerprint density at radius 2 is 2.35 bits per heavy atom. The molecule has 4 nitrogen and oxygen atoms in total. The van der Waals surface area contributed by atoms with Crippen LogP contribution < -0.4 is 5.32 Å². The number of hydrogen-bond donors (Lipinski definition) is 1. The first-order valence-electron chi connectivity index (χ1n) is 5.73. The molecule has 92 valence electrons. The van der Waals surface area contributed by atoms with Crippen molar-refractivity contribution in [3.63, 3.8) is 0 Å². The predicted octanol–water partition coefficient (Wildman–Crippen LogP) is 2.14. The van der Waals surface area contributed by atoms with Crippen molar-refractivity contribution in [2.75, 3.05) is 6.61 Å². The highest BCUT2D eigenvalue weighted by atomic mass is 79.9. The van der Waals surface area contributed by atoms with Crippen molar-refractivity contribution in [3.05, 3.63) is 28.5 Å². The second-order valence-corrected chi connectivity index (χ2v) is 5.00. The minimum Gasteiger partial charge on any atom is -0.378 e. The molecule has 1 aliphatic rings. The zero-order valence-corrected chi connectivity index (χ0v) is 11.2. The molecule has 0 bridgehead atoms. The fraction of sp³-hybridized carbons (Fsp3) is 0.500. The van der Waals surface area contributed by atoms with Crippen molar-refractivity contribution in [2.24, 2.45) is 0 Å². The average molecular weight is 299 g/mol. The molecule has 0 unspecified atom stereocenters. The van der Waals surface area contributed by atoms with Gasteiger partial charge in [-0.2, -0.15) is 0 Å². The summed E-state index contributed by atoms with van der Waals surface area (Å²) in [6.07, 6.45) is 3.73. The smallest absolute Gasteiger partial charge is 0.270 e. The first kappa shape index (κ1) is 12.5.